The predicted octanol–water partition coefficient (Wildman–Crippen LogP) is 2.08. The van der Waals surface area contributed by atoms with Crippen molar-refractivity contribution in [3.8, 4) is 0 Å². The van der Waals surface area contributed by atoms with E-state index in [2.05, 4.69) is 10.1 Å². The van der Waals surface area contributed by atoms with Gasteiger partial charge in [-0.05, 0) is 20.8 Å². The Labute approximate surface area is 103 Å². The molecule has 1 aliphatic rings. The van der Waals surface area contributed by atoms with Crippen LogP contribution in [-0.2, 0) is 14.3 Å². The van der Waals surface area contributed by atoms with Gasteiger partial charge in [-0.25, -0.2) is 9.59 Å². The standard InChI is InChI=1S/C9H11Cl2NO4/c1-9(2,3)12-8(14)16-7-5(11)4(10)6(13)15-7/h7H,1-3H3,(H,12,14). The quantitative estimate of drug-likeness (QED) is 0.739. The van der Waals surface area contributed by atoms with Crippen LogP contribution in [0.4, 0.5) is 4.79 Å². The summed E-state index contributed by atoms with van der Waals surface area (Å²) in [7, 11) is 0. The van der Waals surface area contributed by atoms with E-state index in [-0.39, 0.29) is 10.1 Å². The maximum atomic E-state index is 11.3. The van der Waals surface area contributed by atoms with Crippen LogP contribution in [0.25, 0.3) is 0 Å². The Morgan fingerprint density at radius 1 is 1.44 bits per heavy atom. The molecule has 0 aliphatic carbocycles. The van der Waals surface area contributed by atoms with Crippen molar-refractivity contribution in [2.45, 2.75) is 32.6 Å². The van der Waals surface area contributed by atoms with E-state index in [1.54, 1.807) is 20.8 Å². The summed E-state index contributed by atoms with van der Waals surface area (Å²) in [6.45, 7) is 5.33. The van der Waals surface area contributed by atoms with Crippen molar-refractivity contribution in [1.82, 2.24) is 5.32 Å². The summed E-state index contributed by atoms with van der Waals surface area (Å²) in [5.41, 5.74) is -0.459. The summed E-state index contributed by atoms with van der Waals surface area (Å²) in [6, 6.07) is 0. The van der Waals surface area contributed by atoms with Crippen LogP contribution in [0.3, 0.4) is 0 Å². The van der Waals surface area contributed by atoms with Crippen LogP contribution in [0.1, 0.15) is 20.8 Å². The number of rotatable bonds is 1. The lowest BCUT2D eigenvalue weighted by Crippen LogP contribution is -2.42. The van der Waals surface area contributed by atoms with Crippen molar-refractivity contribution >= 4 is 35.3 Å². The molecule has 1 amide bonds. The highest BCUT2D eigenvalue weighted by atomic mass is 35.5. The van der Waals surface area contributed by atoms with Gasteiger partial charge in [0.15, 0.2) is 0 Å². The van der Waals surface area contributed by atoms with Gasteiger partial charge in [-0.3, -0.25) is 0 Å². The lowest BCUT2D eigenvalue weighted by atomic mass is 10.1. The number of ether oxygens (including phenoxy) is 2. The Balaban J connectivity index is 2.58. The molecule has 0 bridgehead atoms. The number of carbonyl (C=O) groups is 2. The van der Waals surface area contributed by atoms with E-state index in [9.17, 15) is 9.59 Å². The molecule has 1 atom stereocenters. The first kappa shape index (κ1) is 13.1. The third kappa shape index (κ3) is 3.28. The molecule has 0 fully saturated rings. The van der Waals surface area contributed by atoms with Gasteiger partial charge in [-0.1, -0.05) is 23.2 Å². The number of nitrogens with one attached hydrogen (secondary N) is 1. The van der Waals surface area contributed by atoms with Crippen LogP contribution in [0.5, 0.6) is 0 Å². The van der Waals surface area contributed by atoms with Crippen molar-refractivity contribution in [3.63, 3.8) is 0 Å². The Morgan fingerprint density at radius 3 is 2.38 bits per heavy atom. The van der Waals surface area contributed by atoms with Crippen LogP contribution >= 0.6 is 23.2 Å². The van der Waals surface area contributed by atoms with Gasteiger partial charge in [0, 0.05) is 5.54 Å². The largest absolute Gasteiger partial charge is 0.415 e. The van der Waals surface area contributed by atoms with Gasteiger partial charge in [0.25, 0.3) is 6.29 Å². The van der Waals surface area contributed by atoms with E-state index in [1.165, 1.54) is 0 Å². The van der Waals surface area contributed by atoms with Crippen molar-refractivity contribution in [3.05, 3.63) is 10.1 Å². The summed E-state index contributed by atoms with van der Waals surface area (Å²) in [6.07, 6.45) is -2.00. The van der Waals surface area contributed by atoms with Crippen LogP contribution < -0.4 is 5.32 Å². The zero-order valence-electron chi connectivity index (χ0n) is 8.97. The number of alkyl carbamates (subject to hydrolysis) is 1. The smallest absolute Gasteiger partial charge is 0.410 e. The molecule has 16 heavy (non-hydrogen) atoms. The normalized spacial score (nSPS) is 20.8. The summed E-state index contributed by atoms with van der Waals surface area (Å²) in [4.78, 5) is 22.3. The molecule has 1 aliphatic heterocycles. The molecule has 0 spiro atoms. The number of esters is 1. The van der Waals surface area contributed by atoms with Gasteiger partial charge in [-0.2, -0.15) is 0 Å². The molecule has 0 aromatic rings. The molecule has 5 nitrogen and oxygen atoms in total. The second-order valence-electron chi connectivity index (χ2n) is 4.18. The lowest BCUT2D eigenvalue weighted by Gasteiger charge is -2.21. The van der Waals surface area contributed by atoms with E-state index in [4.69, 9.17) is 27.9 Å². The molecular weight excluding hydrogens is 257 g/mol. The molecule has 1 rings (SSSR count). The van der Waals surface area contributed by atoms with E-state index in [0.717, 1.165) is 0 Å². The first-order valence-electron chi connectivity index (χ1n) is 4.45. The molecule has 90 valence electrons. The second kappa shape index (κ2) is 4.51. The van der Waals surface area contributed by atoms with Gasteiger partial charge in [0.2, 0.25) is 0 Å². The van der Waals surface area contributed by atoms with E-state index >= 15 is 0 Å². The molecule has 1 heterocycles. The highest BCUT2D eigenvalue weighted by Gasteiger charge is 2.35. The number of hydrogen-bond donors (Lipinski definition) is 1. The summed E-state index contributed by atoms with van der Waals surface area (Å²) in [5, 5.41) is 2.12. The van der Waals surface area contributed by atoms with E-state index in [1.807, 2.05) is 0 Å². The van der Waals surface area contributed by atoms with E-state index < -0.39 is 23.9 Å². The van der Waals surface area contributed by atoms with Gasteiger partial charge in [0.1, 0.15) is 10.1 Å². The molecule has 0 aromatic heterocycles. The molecular formula is C9H11Cl2NO4. The Kier molecular flexibility index (Phi) is 3.70. The van der Waals surface area contributed by atoms with Crippen molar-refractivity contribution in [2.24, 2.45) is 0 Å². The van der Waals surface area contributed by atoms with Crippen molar-refractivity contribution < 1.29 is 19.1 Å². The van der Waals surface area contributed by atoms with Crippen LogP contribution in [0.15, 0.2) is 10.1 Å². The maximum absolute atomic E-state index is 11.3. The summed E-state index contributed by atoms with van der Waals surface area (Å²) in [5.74, 6) is -0.805. The average Bonchev–Trinajstić information content (AvgIpc) is 2.30. The fraction of sp³-hybridized carbons (Fsp3) is 0.556. The van der Waals surface area contributed by atoms with Crippen LogP contribution in [0.2, 0.25) is 0 Å². The first-order valence-corrected chi connectivity index (χ1v) is 5.21. The number of cyclic esters (lactones) is 1. The second-order valence-corrected chi connectivity index (χ2v) is 4.96. The van der Waals surface area contributed by atoms with E-state index in [0.29, 0.717) is 0 Å². The summed E-state index contributed by atoms with van der Waals surface area (Å²) < 4.78 is 9.38. The third-order valence-corrected chi connectivity index (χ3v) is 2.32. The molecule has 1 unspecified atom stereocenters. The fourth-order valence-corrected chi connectivity index (χ4v) is 1.21. The lowest BCUT2D eigenvalue weighted by molar-refractivity contribution is -0.151. The van der Waals surface area contributed by atoms with Gasteiger partial charge < -0.3 is 14.8 Å². The molecule has 0 radical (unpaired) electrons. The topological polar surface area (TPSA) is 64.6 Å². The molecule has 0 saturated heterocycles. The van der Waals surface area contributed by atoms with Crippen LogP contribution in [-0.4, -0.2) is 23.9 Å². The summed E-state index contributed by atoms with van der Waals surface area (Å²) >= 11 is 11.1. The van der Waals surface area contributed by atoms with Crippen LogP contribution in [0, 0.1) is 0 Å². The Bertz CT molecular complexity index is 359. The highest BCUT2D eigenvalue weighted by Crippen LogP contribution is 2.29. The number of halogens is 2. The third-order valence-electron chi connectivity index (χ3n) is 1.50. The monoisotopic (exact) mass is 267 g/mol. The minimum Gasteiger partial charge on any atom is -0.415 e. The maximum Gasteiger partial charge on any atom is 0.410 e. The van der Waals surface area contributed by atoms with Crippen molar-refractivity contribution in [1.29, 1.82) is 0 Å². The molecule has 0 aromatic carbocycles. The van der Waals surface area contributed by atoms with Gasteiger partial charge in [-0.15, -0.1) is 0 Å². The highest BCUT2D eigenvalue weighted by molar-refractivity contribution is 6.48. The van der Waals surface area contributed by atoms with Crippen molar-refractivity contribution in [2.75, 3.05) is 0 Å². The number of hydrogen-bond acceptors (Lipinski definition) is 4. The average molecular weight is 268 g/mol. The molecule has 7 heteroatoms. The van der Waals surface area contributed by atoms with Gasteiger partial charge in [0.05, 0.1) is 0 Å². The number of amides is 1. The zero-order chi connectivity index (χ0) is 12.5. The number of carbonyl (C=O) groups excluding carboxylic acids is 2. The fourth-order valence-electron chi connectivity index (χ4n) is 0.910. The predicted molar refractivity (Wildman–Crippen MR) is 58.0 cm³/mol. The molecule has 0 saturated carbocycles. The molecule has 1 N–H and O–H groups in total. The first-order chi connectivity index (χ1) is 7.20. The SMILES string of the molecule is CC(C)(C)NC(=O)OC1OC(=O)C(Cl)=C1Cl. The Morgan fingerprint density at radius 2 is 2.00 bits per heavy atom. The minimum absolute atomic E-state index is 0.129. The minimum atomic E-state index is -1.26. The van der Waals surface area contributed by atoms with Gasteiger partial charge >= 0.3 is 12.1 Å². The zero-order valence-corrected chi connectivity index (χ0v) is 10.5. The Hall–Kier alpha value is -0.940.